The molecule has 2 aromatic rings. The zero-order valence-electron chi connectivity index (χ0n) is 13.8. The third-order valence-corrected chi connectivity index (χ3v) is 5.20. The molecule has 0 radical (unpaired) electrons. The molecule has 1 aromatic heterocycles. The highest BCUT2D eigenvalue weighted by atomic mass is 79.9. The molecule has 1 fully saturated rings. The first-order valence-electron chi connectivity index (χ1n) is 7.86. The SMILES string of the molecule is COc1cc2nn(C3CCN(C(C)(C)C)CC3)cc2cc1Br. The van der Waals surface area contributed by atoms with Crippen molar-refractivity contribution in [3.05, 3.63) is 22.8 Å². The number of nitrogens with zero attached hydrogens (tertiary/aromatic N) is 3. The predicted molar refractivity (Wildman–Crippen MR) is 93.6 cm³/mol. The van der Waals surface area contributed by atoms with Crippen LogP contribution < -0.4 is 4.74 Å². The molecule has 3 rings (SSSR count). The van der Waals surface area contributed by atoms with Crippen molar-refractivity contribution in [2.24, 2.45) is 0 Å². The van der Waals surface area contributed by atoms with E-state index >= 15 is 0 Å². The Balaban J connectivity index is 1.80. The molecule has 0 bridgehead atoms. The van der Waals surface area contributed by atoms with Gasteiger partial charge in [-0.3, -0.25) is 9.58 Å². The first-order chi connectivity index (χ1) is 10.4. The largest absolute Gasteiger partial charge is 0.495 e. The van der Waals surface area contributed by atoms with Crippen LogP contribution in [0.25, 0.3) is 10.9 Å². The Kier molecular flexibility index (Phi) is 4.21. The smallest absolute Gasteiger partial charge is 0.135 e. The van der Waals surface area contributed by atoms with Crippen molar-refractivity contribution in [1.82, 2.24) is 14.7 Å². The highest BCUT2D eigenvalue weighted by Crippen LogP contribution is 2.32. The average molecular weight is 366 g/mol. The van der Waals surface area contributed by atoms with Gasteiger partial charge in [0.25, 0.3) is 0 Å². The summed E-state index contributed by atoms with van der Waals surface area (Å²) >= 11 is 3.54. The van der Waals surface area contributed by atoms with E-state index in [1.165, 1.54) is 0 Å². The number of benzene rings is 1. The summed E-state index contributed by atoms with van der Waals surface area (Å²) in [5.41, 5.74) is 1.26. The number of methoxy groups -OCH3 is 1. The van der Waals surface area contributed by atoms with Crippen LogP contribution >= 0.6 is 15.9 Å². The fraction of sp³-hybridized carbons (Fsp3) is 0.588. The second kappa shape index (κ2) is 5.85. The van der Waals surface area contributed by atoms with E-state index < -0.39 is 0 Å². The number of aromatic nitrogens is 2. The van der Waals surface area contributed by atoms with Gasteiger partial charge in [0.1, 0.15) is 5.75 Å². The predicted octanol–water partition coefficient (Wildman–Crippen LogP) is 4.24. The van der Waals surface area contributed by atoms with Crippen LogP contribution in [0.1, 0.15) is 39.7 Å². The lowest BCUT2D eigenvalue weighted by molar-refractivity contribution is 0.0872. The van der Waals surface area contributed by atoms with Crippen molar-refractivity contribution in [2.45, 2.75) is 45.2 Å². The van der Waals surface area contributed by atoms with E-state index in [0.717, 1.165) is 47.1 Å². The molecule has 0 atom stereocenters. The van der Waals surface area contributed by atoms with Gasteiger partial charge in [0.2, 0.25) is 0 Å². The number of hydrogen-bond donors (Lipinski definition) is 0. The van der Waals surface area contributed by atoms with Crippen LogP contribution in [0.2, 0.25) is 0 Å². The monoisotopic (exact) mass is 365 g/mol. The molecule has 0 saturated carbocycles. The summed E-state index contributed by atoms with van der Waals surface area (Å²) in [6.07, 6.45) is 4.48. The van der Waals surface area contributed by atoms with Crippen LogP contribution in [0.4, 0.5) is 0 Å². The van der Waals surface area contributed by atoms with Gasteiger partial charge in [-0.25, -0.2) is 0 Å². The first-order valence-corrected chi connectivity index (χ1v) is 8.65. The van der Waals surface area contributed by atoms with E-state index in [4.69, 9.17) is 9.84 Å². The third kappa shape index (κ3) is 3.01. The molecule has 22 heavy (non-hydrogen) atoms. The van der Waals surface area contributed by atoms with Gasteiger partial charge < -0.3 is 4.74 Å². The fourth-order valence-electron chi connectivity index (χ4n) is 3.19. The summed E-state index contributed by atoms with van der Waals surface area (Å²) in [4.78, 5) is 2.56. The van der Waals surface area contributed by atoms with Gasteiger partial charge in [0.15, 0.2) is 0 Å². The summed E-state index contributed by atoms with van der Waals surface area (Å²) in [7, 11) is 1.69. The number of piperidine rings is 1. The van der Waals surface area contributed by atoms with Crippen LogP contribution in [0.5, 0.6) is 5.75 Å². The lowest BCUT2D eigenvalue weighted by atomic mass is 9.98. The molecular weight excluding hydrogens is 342 g/mol. The van der Waals surface area contributed by atoms with Crippen LogP contribution in [0, 0.1) is 0 Å². The van der Waals surface area contributed by atoms with Crippen molar-refractivity contribution < 1.29 is 4.74 Å². The molecule has 5 heteroatoms. The van der Waals surface area contributed by atoms with Gasteiger partial charge in [0.05, 0.1) is 23.1 Å². The molecule has 4 nitrogen and oxygen atoms in total. The summed E-state index contributed by atoms with van der Waals surface area (Å²) in [5.74, 6) is 0.834. The first kappa shape index (κ1) is 15.8. The molecule has 0 amide bonds. The maximum atomic E-state index is 5.36. The van der Waals surface area contributed by atoms with E-state index in [9.17, 15) is 0 Å². The van der Waals surface area contributed by atoms with Crippen LogP contribution in [-0.2, 0) is 0 Å². The number of halogens is 1. The maximum Gasteiger partial charge on any atom is 0.135 e. The van der Waals surface area contributed by atoms with Crippen molar-refractivity contribution in [1.29, 1.82) is 0 Å². The van der Waals surface area contributed by atoms with Gasteiger partial charge in [0, 0.05) is 36.3 Å². The summed E-state index contributed by atoms with van der Waals surface area (Å²) in [6, 6.07) is 4.58. The van der Waals surface area contributed by atoms with Crippen molar-refractivity contribution in [3.63, 3.8) is 0 Å². The van der Waals surface area contributed by atoms with E-state index in [0.29, 0.717) is 6.04 Å². The second-order valence-corrected chi connectivity index (χ2v) is 7.90. The average Bonchev–Trinajstić information content (AvgIpc) is 2.88. The Morgan fingerprint density at radius 3 is 2.50 bits per heavy atom. The maximum absolute atomic E-state index is 5.36. The van der Waals surface area contributed by atoms with E-state index in [1.54, 1.807) is 7.11 Å². The molecule has 0 N–H and O–H groups in total. The normalized spacial score (nSPS) is 18.0. The molecule has 1 aromatic carbocycles. The van der Waals surface area contributed by atoms with Crippen molar-refractivity contribution in [2.75, 3.05) is 20.2 Å². The Morgan fingerprint density at radius 2 is 1.91 bits per heavy atom. The molecule has 2 heterocycles. The molecule has 1 aliphatic heterocycles. The number of likely N-dealkylation sites (tertiary alicyclic amines) is 1. The number of fused-ring (bicyclic) bond motifs is 1. The lowest BCUT2D eigenvalue weighted by Crippen LogP contribution is -2.46. The zero-order valence-corrected chi connectivity index (χ0v) is 15.4. The Bertz CT molecular complexity index is 666. The summed E-state index contributed by atoms with van der Waals surface area (Å²) in [5, 5.41) is 5.93. The van der Waals surface area contributed by atoms with Gasteiger partial charge in [-0.15, -0.1) is 0 Å². The zero-order chi connectivity index (χ0) is 15.9. The third-order valence-electron chi connectivity index (χ3n) is 4.58. The molecule has 0 spiro atoms. The summed E-state index contributed by atoms with van der Waals surface area (Å²) < 4.78 is 8.48. The second-order valence-electron chi connectivity index (χ2n) is 7.04. The highest BCUT2D eigenvalue weighted by Gasteiger charge is 2.28. The van der Waals surface area contributed by atoms with Gasteiger partial charge in [-0.05, 0) is 55.6 Å². The Hall–Kier alpha value is -1.07. The Labute approximate surface area is 140 Å². The quantitative estimate of drug-likeness (QED) is 0.796. The summed E-state index contributed by atoms with van der Waals surface area (Å²) in [6.45, 7) is 9.15. The molecule has 120 valence electrons. The van der Waals surface area contributed by atoms with Crippen LogP contribution in [0.15, 0.2) is 22.8 Å². The molecule has 0 aliphatic carbocycles. The van der Waals surface area contributed by atoms with E-state index in [2.05, 4.69) is 58.5 Å². The van der Waals surface area contributed by atoms with E-state index in [1.807, 2.05) is 6.07 Å². The molecule has 1 aliphatic rings. The standard InChI is InChI=1S/C17H24BrN3O/c1-17(2,3)20-7-5-13(6-8-20)21-11-12-9-14(18)16(22-4)10-15(12)19-21/h9-11,13H,5-8H2,1-4H3. The minimum Gasteiger partial charge on any atom is -0.495 e. The highest BCUT2D eigenvalue weighted by molar-refractivity contribution is 9.10. The lowest BCUT2D eigenvalue weighted by Gasteiger charge is -2.40. The Morgan fingerprint density at radius 1 is 1.23 bits per heavy atom. The molecular formula is C17H24BrN3O. The molecule has 1 saturated heterocycles. The number of rotatable bonds is 2. The van der Waals surface area contributed by atoms with Crippen molar-refractivity contribution >= 4 is 26.8 Å². The van der Waals surface area contributed by atoms with Crippen molar-refractivity contribution in [3.8, 4) is 5.75 Å². The van der Waals surface area contributed by atoms with Gasteiger partial charge in [-0.1, -0.05) is 0 Å². The minimum atomic E-state index is 0.262. The van der Waals surface area contributed by atoms with Crippen LogP contribution in [-0.4, -0.2) is 40.4 Å². The van der Waals surface area contributed by atoms with Gasteiger partial charge >= 0.3 is 0 Å². The minimum absolute atomic E-state index is 0.262. The van der Waals surface area contributed by atoms with Crippen LogP contribution in [0.3, 0.4) is 0 Å². The van der Waals surface area contributed by atoms with E-state index in [-0.39, 0.29) is 5.54 Å². The number of ether oxygens (including phenoxy) is 1. The topological polar surface area (TPSA) is 30.3 Å². The fourth-order valence-corrected chi connectivity index (χ4v) is 3.71. The number of hydrogen-bond acceptors (Lipinski definition) is 3. The van der Waals surface area contributed by atoms with Gasteiger partial charge in [-0.2, -0.15) is 5.10 Å². The molecule has 0 unspecified atom stereocenters.